The van der Waals surface area contributed by atoms with E-state index < -0.39 is 10.8 Å². The number of Topliss-reactive ketones (excluding diaryl/α,β-unsaturated/α-hetero) is 2. The molecule has 35 heavy (non-hydrogen) atoms. The number of carbonyl (C=O) groups excluding carboxylic acids is 2. The molecule has 0 bridgehead atoms. The number of hydrogen-bond donors (Lipinski definition) is 1. The van der Waals surface area contributed by atoms with E-state index in [1.807, 2.05) is 12.1 Å². The molecule has 0 radical (unpaired) electrons. The Hall–Kier alpha value is -2.78. The molecule has 2 aromatic carbocycles. The summed E-state index contributed by atoms with van der Waals surface area (Å²) in [7, 11) is 0. The number of dihydropyridines is 1. The summed E-state index contributed by atoms with van der Waals surface area (Å²) in [6.07, 6.45) is 4.05. The van der Waals surface area contributed by atoms with Gasteiger partial charge in [0.1, 0.15) is 12.4 Å². The van der Waals surface area contributed by atoms with Crippen LogP contribution in [0, 0.1) is 10.1 Å². The second-order valence-electron chi connectivity index (χ2n) is 8.91. The molecule has 7 nitrogen and oxygen atoms in total. The number of non-ortho nitro benzene ring substituents is 1. The molecule has 0 amide bonds. The normalized spacial score (nSPS) is 18.2. The quantitative estimate of drug-likeness (QED) is 0.314. The number of hydrogen-bond acceptors (Lipinski definition) is 6. The van der Waals surface area contributed by atoms with Crippen LogP contribution in [-0.2, 0) is 16.2 Å². The van der Waals surface area contributed by atoms with Crippen molar-refractivity contribution in [1.29, 1.82) is 0 Å². The summed E-state index contributed by atoms with van der Waals surface area (Å²) in [6.45, 7) is 0.176. The van der Waals surface area contributed by atoms with Gasteiger partial charge in [-0.25, -0.2) is 0 Å². The van der Waals surface area contributed by atoms with Crippen molar-refractivity contribution < 1.29 is 19.2 Å². The Morgan fingerprint density at radius 1 is 0.943 bits per heavy atom. The number of halogens is 2. The summed E-state index contributed by atoms with van der Waals surface area (Å²) in [5.74, 6) is 0.175. The van der Waals surface area contributed by atoms with Gasteiger partial charge < -0.3 is 10.1 Å². The number of nitrogens with zero attached hydrogens (tertiary/aromatic N) is 1. The van der Waals surface area contributed by atoms with Crippen molar-refractivity contribution in [3.8, 4) is 5.75 Å². The fourth-order valence-electron chi connectivity index (χ4n) is 5.11. The van der Waals surface area contributed by atoms with Gasteiger partial charge in [0, 0.05) is 63.5 Å². The highest BCUT2D eigenvalue weighted by Crippen LogP contribution is 2.49. The zero-order valence-electron chi connectivity index (χ0n) is 18.7. The number of ketones is 2. The maximum absolute atomic E-state index is 13.2. The summed E-state index contributed by atoms with van der Waals surface area (Å²) in [5, 5.41) is 14.4. The topological polar surface area (TPSA) is 98.5 Å². The molecule has 180 valence electrons. The summed E-state index contributed by atoms with van der Waals surface area (Å²) in [4.78, 5) is 36.9. The van der Waals surface area contributed by atoms with Crippen molar-refractivity contribution in [3.05, 3.63) is 89.1 Å². The largest absolute Gasteiger partial charge is 0.487 e. The van der Waals surface area contributed by atoms with E-state index in [-0.39, 0.29) is 23.9 Å². The number of nitro benzene ring substituents is 1. The van der Waals surface area contributed by atoms with E-state index in [0.29, 0.717) is 34.2 Å². The van der Waals surface area contributed by atoms with Crippen molar-refractivity contribution in [2.24, 2.45) is 0 Å². The Morgan fingerprint density at radius 3 is 2.11 bits per heavy atom. The highest BCUT2D eigenvalue weighted by atomic mass is 79.9. The summed E-state index contributed by atoms with van der Waals surface area (Å²) >= 11 is 7.18. The number of allylic oxidation sites excluding steroid dienone is 4. The van der Waals surface area contributed by atoms with Crippen LogP contribution in [0.25, 0.3) is 0 Å². The predicted molar refractivity (Wildman–Crippen MR) is 137 cm³/mol. The first-order valence-electron chi connectivity index (χ1n) is 11.5. The summed E-state index contributed by atoms with van der Waals surface area (Å²) in [6, 6.07) is 9.99. The molecule has 5 rings (SSSR count). The van der Waals surface area contributed by atoms with Gasteiger partial charge in [-0.15, -0.1) is 0 Å². The Morgan fingerprint density at radius 2 is 1.54 bits per heavy atom. The van der Waals surface area contributed by atoms with E-state index in [2.05, 4.69) is 37.2 Å². The molecule has 2 aliphatic carbocycles. The van der Waals surface area contributed by atoms with Gasteiger partial charge in [0.25, 0.3) is 5.69 Å². The van der Waals surface area contributed by atoms with Crippen LogP contribution in [0.1, 0.15) is 55.6 Å². The smallest absolute Gasteiger partial charge is 0.269 e. The van der Waals surface area contributed by atoms with Gasteiger partial charge in [0.15, 0.2) is 11.6 Å². The van der Waals surface area contributed by atoms with Gasteiger partial charge in [-0.1, -0.05) is 15.9 Å². The van der Waals surface area contributed by atoms with Crippen LogP contribution in [0.4, 0.5) is 5.69 Å². The summed E-state index contributed by atoms with van der Waals surface area (Å²) in [5.41, 5.74) is 4.68. The Kier molecular flexibility index (Phi) is 6.63. The molecule has 0 spiro atoms. The van der Waals surface area contributed by atoms with Gasteiger partial charge in [-0.3, -0.25) is 19.7 Å². The van der Waals surface area contributed by atoms with Gasteiger partial charge >= 0.3 is 0 Å². The molecule has 3 aliphatic rings. The lowest BCUT2D eigenvalue weighted by atomic mass is 9.71. The third-order valence-electron chi connectivity index (χ3n) is 6.67. The van der Waals surface area contributed by atoms with Crippen LogP contribution in [0.3, 0.4) is 0 Å². The van der Waals surface area contributed by atoms with E-state index in [1.165, 1.54) is 12.1 Å². The van der Waals surface area contributed by atoms with Gasteiger partial charge in [-0.05, 0) is 71.4 Å². The number of nitro groups is 1. The van der Waals surface area contributed by atoms with Crippen LogP contribution in [-0.4, -0.2) is 16.5 Å². The number of carbonyl (C=O) groups is 2. The highest BCUT2D eigenvalue weighted by molar-refractivity contribution is 9.11. The zero-order valence-corrected chi connectivity index (χ0v) is 21.9. The number of ether oxygens (including phenoxy) is 1. The van der Waals surface area contributed by atoms with E-state index in [9.17, 15) is 19.7 Å². The standard InChI is InChI=1S/C26H22Br2N2O5/c27-15-11-17(26(18(28)12-15)35-13-14-7-9-16(10-8-14)30(33)34)23-24-19(3-1-5-21(24)31)29-20-4-2-6-22(32)25(20)23/h7-12,23,29H,1-6,13H2. The predicted octanol–water partition coefficient (Wildman–Crippen LogP) is 6.40. The average Bonchev–Trinajstić information content (AvgIpc) is 2.82. The molecule has 0 unspecified atom stereocenters. The first-order valence-corrected chi connectivity index (χ1v) is 13.1. The molecule has 1 heterocycles. The molecular weight excluding hydrogens is 580 g/mol. The van der Waals surface area contributed by atoms with Crippen molar-refractivity contribution in [3.63, 3.8) is 0 Å². The fraction of sp³-hybridized carbons (Fsp3) is 0.308. The minimum absolute atomic E-state index is 0.0134. The molecule has 0 atom stereocenters. The molecule has 0 fully saturated rings. The maximum Gasteiger partial charge on any atom is 0.269 e. The van der Waals surface area contributed by atoms with Crippen LogP contribution in [0.2, 0.25) is 0 Å². The highest BCUT2D eigenvalue weighted by Gasteiger charge is 2.41. The van der Waals surface area contributed by atoms with E-state index in [0.717, 1.165) is 52.7 Å². The van der Waals surface area contributed by atoms with E-state index in [4.69, 9.17) is 4.74 Å². The number of benzene rings is 2. The fourth-order valence-corrected chi connectivity index (χ4v) is 6.48. The molecule has 0 aromatic heterocycles. The Bertz CT molecular complexity index is 1270. The van der Waals surface area contributed by atoms with Crippen molar-refractivity contribution in [2.75, 3.05) is 0 Å². The molecule has 1 aliphatic heterocycles. The molecular formula is C26H22Br2N2O5. The average molecular weight is 602 g/mol. The maximum atomic E-state index is 13.2. The molecule has 9 heteroatoms. The third kappa shape index (κ3) is 4.59. The van der Waals surface area contributed by atoms with Crippen molar-refractivity contribution in [1.82, 2.24) is 5.32 Å². The van der Waals surface area contributed by atoms with Crippen LogP contribution in [0.15, 0.2) is 67.9 Å². The molecule has 0 saturated heterocycles. The molecule has 2 aromatic rings. The minimum Gasteiger partial charge on any atom is -0.487 e. The zero-order chi connectivity index (χ0) is 24.7. The number of rotatable bonds is 5. The van der Waals surface area contributed by atoms with Crippen molar-refractivity contribution >= 4 is 49.1 Å². The molecule has 0 saturated carbocycles. The lowest BCUT2D eigenvalue weighted by molar-refractivity contribution is -0.384. The minimum atomic E-state index is -0.498. The van der Waals surface area contributed by atoms with Crippen molar-refractivity contribution in [2.45, 2.75) is 51.0 Å². The Balaban J connectivity index is 1.59. The van der Waals surface area contributed by atoms with Crippen LogP contribution < -0.4 is 10.1 Å². The number of nitrogens with one attached hydrogen (secondary N) is 1. The second-order valence-corrected chi connectivity index (χ2v) is 10.7. The SMILES string of the molecule is O=C1CCCC2=C1C(c1cc(Br)cc(Br)c1OCc1ccc([N+](=O)[O-])cc1)C1=C(CCCC1=O)N2. The first kappa shape index (κ1) is 23.9. The monoisotopic (exact) mass is 600 g/mol. The lowest BCUT2D eigenvalue weighted by Gasteiger charge is -2.37. The first-order chi connectivity index (χ1) is 16.8. The summed E-state index contributed by atoms with van der Waals surface area (Å²) < 4.78 is 7.76. The van der Waals surface area contributed by atoms with E-state index in [1.54, 1.807) is 12.1 Å². The Labute approximate surface area is 219 Å². The lowest BCUT2D eigenvalue weighted by Crippen LogP contribution is -2.36. The second kappa shape index (κ2) is 9.70. The third-order valence-corrected chi connectivity index (χ3v) is 7.72. The van der Waals surface area contributed by atoms with Crippen LogP contribution in [0.5, 0.6) is 5.75 Å². The molecule has 1 N–H and O–H groups in total. The van der Waals surface area contributed by atoms with E-state index >= 15 is 0 Å². The van der Waals surface area contributed by atoms with Gasteiger partial charge in [-0.2, -0.15) is 0 Å². The van der Waals surface area contributed by atoms with Crippen LogP contribution >= 0.6 is 31.9 Å². The van der Waals surface area contributed by atoms with Gasteiger partial charge in [0.2, 0.25) is 0 Å². The van der Waals surface area contributed by atoms with Gasteiger partial charge in [0.05, 0.1) is 9.40 Å².